The fraction of sp³-hybridized carbons (Fsp3) is 0.464. The largest absolute Gasteiger partial charge is 0.493 e. The number of aromatic amines is 1. The van der Waals surface area contributed by atoms with Crippen molar-refractivity contribution in [2.45, 2.75) is 70.4 Å². The van der Waals surface area contributed by atoms with Crippen molar-refractivity contribution in [3.8, 4) is 11.5 Å². The van der Waals surface area contributed by atoms with Crippen LogP contribution in [0, 0.1) is 6.92 Å². The molecule has 1 amide bonds. The zero-order valence-electron chi connectivity index (χ0n) is 19.7. The number of benzene rings is 2. The minimum Gasteiger partial charge on any atom is -0.493 e. The van der Waals surface area contributed by atoms with Gasteiger partial charge in [0.15, 0.2) is 11.5 Å². The molecule has 3 aromatic rings. The smallest absolute Gasteiger partial charge is 0.210 e. The number of H-pyrrole nitrogens is 1. The Morgan fingerprint density at radius 1 is 1.15 bits per heavy atom. The number of aryl methyl sites for hydroxylation is 2. The van der Waals surface area contributed by atoms with Crippen LogP contribution < -0.4 is 9.47 Å². The minimum atomic E-state index is 0.0787. The summed E-state index contributed by atoms with van der Waals surface area (Å²) in [6, 6.07) is 10.9. The predicted octanol–water partition coefficient (Wildman–Crippen LogP) is 5.88. The van der Waals surface area contributed by atoms with Crippen molar-refractivity contribution in [1.29, 1.82) is 0 Å². The van der Waals surface area contributed by atoms with E-state index in [2.05, 4.69) is 48.4 Å². The van der Waals surface area contributed by atoms with E-state index >= 15 is 0 Å². The van der Waals surface area contributed by atoms with Gasteiger partial charge in [0, 0.05) is 23.6 Å². The van der Waals surface area contributed by atoms with Crippen LogP contribution in [-0.4, -0.2) is 36.1 Å². The molecule has 33 heavy (non-hydrogen) atoms. The highest BCUT2D eigenvalue weighted by Crippen LogP contribution is 2.41. The molecular formula is C28H34N2O3. The van der Waals surface area contributed by atoms with Gasteiger partial charge in [-0.05, 0) is 99.2 Å². The molecule has 2 heterocycles. The van der Waals surface area contributed by atoms with Crippen molar-refractivity contribution in [1.82, 2.24) is 9.88 Å². The van der Waals surface area contributed by atoms with Gasteiger partial charge in [0.2, 0.25) is 6.41 Å². The van der Waals surface area contributed by atoms with Gasteiger partial charge in [-0.25, -0.2) is 0 Å². The van der Waals surface area contributed by atoms with Crippen LogP contribution in [-0.2, 0) is 17.6 Å². The summed E-state index contributed by atoms with van der Waals surface area (Å²) in [4.78, 5) is 17.3. The Morgan fingerprint density at radius 2 is 2.00 bits per heavy atom. The second-order valence-electron chi connectivity index (χ2n) is 9.59. The molecule has 1 atom stereocenters. The summed E-state index contributed by atoms with van der Waals surface area (Å²) in [5.41, 5.74) is 6.31. The molecule has 5 heteroatoms. The summed E-state index contributed by atoms with van der Waals surface area (Å²) in [7, 11) is 1.71. The molecule has 5 rings (SSSR count). The fourth-order valence-electron chi connectivity index (χ4n) is 5.60. The zero-order chi connectivity index (χ0) is 22.8. The third-order valence-electron chi connectivity index (χ3n) is 7.40. The molecule has 0 spiro atoms. The topological polar surface area (TPSA) is 54.6 Å². The maximum Gasteiger partial charge on any atom is 0.210 e. The SMILES string of the molecule is COc1cc2c(cc1OC1CCCC1)[C@H](CCCc1c[nH]c3ccc(C)cc13)N(C=O)CC2. The molecule has 1 aliphatic carbocycles. The van der Waals surface area contributed by atoms with E-state index in [4.69, 9.17) is 9.47 Å². The van der Waals surface area contributed by atoms with Crippen LogP contribution >= 0.6 is 0 Å². The first-order chi connectivity index (χ1) is 16.2. The van der Waals surface area contributed by atoms with Gasteiger partial charge in [0.05, 0.1) is 19.3 Å². The van der Waals surface area contributed by atoms with Crippen molar-refractivity contribution < 1.29 is 14.3 Å². The van der Waals surface area contributed by atoms with Crippen molar-refractivity contribution in [2.24, 2.45) is 0 Å². The van der Waals surface area contributed by atoms with Gasteiger partial charge in [0.1, 0.15) is 0 Å². The van der Waals surface area contributed by atoms with Crippen molar-refractivity contribution in [3.05, 3.63) is 58.8 Å². The Balaban J connectivity index is 1.37. The van der Waals surface area contributed by atoms with Crippen molar-refractivity contribution in [3.63, 3.8) is 0 Å². The molecule has 1 N–H and O–H groups in total. The monoisotopic (exact) mass is 446 g/mol. The van der Waals surface area contributed by atoms with Crippen LogP contribution in [0.4, 0.5) is 0 Å². The van der Waals surface area contributed by atoms with Gasteiger partial charge >= 0.3 is 0 Å². The van der Waals surface area contributed by atoms with E-state index in [0.29, 0.717) is 0 Å². The van der Waals surface area contributed by atoms with E-state index in [1.807, 2.05) is 4.90 Å². The molecular weight excluding hydrogens is 412 g/mol. The lowest BCUT2D eigenvalue weighted by molar-refractivity contribution is -0.120. The minimum absolute atomic E-state index is 0.0787. The lowest BCUT2D eigenvalue weighted by Gasteiger charge is -2.35. The fourth-order valence-corrected chi connectivity index (χ4v) is 5.60. The second-order valence-corrected chi connectivity index (χ2v) is 9.59. The molecule has 1 saturated carbocycles. The van der Waals surface area contributed by atoms with Crippen LogP contribution in [0.1, 0.15) is 66.8 Å². The summed E-state index contributed by atoms with van der Waals surface area (Å²) in [6.45, 7) is 2.88. The zero-order valence-corrected chi connectivity index (χ0v) is 19.7. The summed E-state index contributed by atoms with van der Waals surface area (Å²) < 4.78 is 12.0. The van der Waals surface area contributed by atoms with Crippen LogP contribution in [0.15, 0.2) is 36.5 Å². The molecule has 0 saturated heterocycles. The maximum atomic E-state index is 11.9. The number of hydrogen-bond acceptors (Lipinski definition) is 3. The van der Waals surface area contributed by atoms with Crippen LogP contribution in [0.3, 0.4) is 0 Å². The number of carbonyl (C=O) groups excluding carboxylic acids is 1. The molecule has 1 aliphatic heterocycles. The van der Waals surface area contributed by atoms with Gasteiger partial charge in [-0.15, -0.1) is 0 Å². The third-order valence-corrected chi connectivity index (χ3v) is 7.40. The molecule has 0 bridgehead atoms. The lowest BCUT2D eigenvalue weighted by Crippen LogP contribution is -2.34. The first kappa shape index (κ1) is 21.9. The average Bonchev–Trinajstić information content (AvgIpc) is 3.48. The van der Waals surface area contributed by atoms with Gasteiger partial charge in [-0.3, -0.25) is 4.79 Å². The normalized spacial score (nSPS) is 18.5. The summed E-state index contributed by atoms with van der Waals surface area (Å²) >= 11 is 0. The molecule has 2 aliphatic rings. The number of nitrogens with one attached hydrogen (secondary N) is 1. The molecule has 2 aromatic carbocycles. The highest BCUT2D eigenvalue weighted by atomic mass is 16.5. The Hall–Kier alpha value is -2.95. The number of methoxy groups -OCH3 is 1. The summed E-state index contributed by atoms with van der Waals surface area (Å²) in [5.74, 6) is 1.64. The Morgan fingerprint density at radius 3 is 2.79 bits per heavy atom. The number of carbonyl (C=O) groups is 1. The number of ether oxygens (including phenoxy) is 2. The second kappa shape index (κ2) is 9.50. The molecule has 0 unspecified atom stereocenters. The van der Waals surface area contributed by atoms with E-state index < -0.39 is 0 Å². The summed E-state index contributed by atoms with van der Waals surface area (Å²) in [5, 5.41) is 1.31. The number of fused-ring (bicyclic) bond motifs is 2. The maximum absolute atomic E-state index is 11.9. The Bertz CT molecular complexity index is 1130. The highest BCUT2D eigenvalue weighted by Gasteiger charge is 2.29. The molecule has 174 valence electrons. The Labute approximate surface area is 196 Å². The third kappa shape index (κ3) is 4.46. The number of hydrogen-bond donors (Lipinski definition) is 1. The van der Waals surface area contributed by atoms with Gasteiger partial charge in [-0.1, -0.05) is 11.6 Å². The van der Waals surface area contributed by atoms with Gasteiger partial charge in [0.25, 0.3) is 0 Å². The molecule has 5 nitrogen and oxygen atoms in total. The van der Waals surface area contributed by atoms with Crippen LogP contribution in [0.5, 0.6) is 11.5 Å². The van der Waals surface area contributed by atoms with Gasteiger partial charge in [-0.2, -0.15) is 0 Å². The highest BCUT2D eigenvalue weighted by molar-refractivity contribution is 5.83. The van der Waals surface area contributed by atoms with E-state index in [1.165, 1.54) is 46.0 Å². The van der Waals surface area contributed by atoms with E-state index in [-0.39, 0.29) is 12.1 Å². The number of nitrogens with zero attached hydrogens (tertiary/aromatic N) is 1. The predicted molar refractivity (Wildman–Crippen MR) is 131 cm³/mol. The first-order valence-electron chi connectivity index (χ1n) is 12.3. The lowest BCUT2D eigenvalue weighted by atomic mass is 9.89. The number of aromatic nitrogens is 1. The van der Waals surface area contributed by atoms with Crippen molar-refractivity contribution >= 4 is 17.3 Å². The summed E-state index contributed by atoms with van der Waals surface area (Å²) in [6.07, 6.45) is 11.9. The van der Waals surface area contributed by atoms with E-state index in [9.17, 15) is 4.79 Å². The van der Waals surface area contributed by atoms with E-state index in [1.54, 1.807) is 7.11 Å². The van der Waals surface area contributed by atoms with E-state index in [0.717, 1.165) is 63.0 Å². The standard InChI is InChI=1S/C28H34N2O3/c1-19-10-11-25-23(14-19)21(17-29-25)6-5-9-26-24-16-28(33-22-7-3-4-8-22)27(32-2)15-20(24)12-13-30(26)18-31/h10-11,14-18,22,26,29H,3-9,12-13H2,1-2H3/t26-/m0/s1. The quantitative estimate of drug-likeness (QED) is 0.439. The molecule has 0 radical (unpaired) electrons. The first-order valence-corrected chi connectivity index (χ1v) is 12.3. The van der Waals surface area contributed by atoms with Crippen LogP contribution in [0.25, 0.3) is 10.9 Å². The average molecular weight is 447 g/mol. The van der Waals surface area contributed by atoms with Gasteiger partial charge < -0.3 is 19.4 Å². The number of amides is 1. The number of rotatable bonds is 8. The van der Waals surface area contributed by atoms with Crippen LogP contribution in [0.2, 0.25) is 0 Å². The molecule has 1 fully saturated rings. The van der Waals surface area contributed by atoms with Crippen molar-refractivity contribution in [2.75, 3.05) is 13.7 Å². The Kier molecular flexibility index (Phi) is 6.30. The molecule has 1 aromatic heterocycles.